The van der Waals surface area contributed by atoms with E-state index in [4.69, 9.17) is 5.84 Å². The van der Waals surface area contributed by atoms with Gasteiger partial charge in [-0.25, -0.2) is 14.8 Å². The Morgan fingerprint density at radius 2 is 2.05 bits per heavy atom. The Bertz CT molecular complexity index is 645. The van der Waals surface area contributed by atoms with Crippen LogP contribution in [0.2, 0.25) is 0 Å². The molecule has 0 amide bonds. The first-order chi connectivity index (χ1) is 9.73. The van der Waals surface area contributed by atoms with Crippen molar-refractivity contribution in [3.05, 3.63) is 72.2 Å². The van der Waals surface area contributed by atoms with Gasteiger partial charge in [0.05, 0.1) is 18.2 Å². The van der Waals surface area contributed by atoms with Crippen molar-refractivity contribution in [2.45, 2.75) is 5.66 Å². The lowest BCUT2D eigenvalue weighted by Gasteiger charge is -2.33. The van der Waals surface area contributed by atoms with Gasteiger partial charge in [0.15, 0.2) is 0 Å². The molecule has 1 unspecified atom stereocenters. The molecule has 1 aliphatic heterocycles. The lowest BCUT2D eigenvalue weighted by atomic mass is 9.95. The quantitative estimate of drug-likeness (QED) is 0.502. The minimum atomic E-state index is -0.753. The third-order valence-electron chi connectivity index (χ3n) is 3.30. The molecule has 1 atom stereocenters. The normalized spacial score (nSPS) is 21.4. The number of rotatable bonds is 3. The number of nitrogens with one attached hydrogen (secondary N) is 3. The Hall–Kier alpha value is -2.44. The molecule has 0 aliphatic carbocycles. The minimum Gasteiger partial charge on any atom is -0.365 e. The summed E-state index contributed by atoms with van der Waals surface area (Å²) in [6.45, 7) is 0. The topological polar surface area (TPSA) is 78.8 Å². The second kappa shape index (κ2) is 4.92. The number of imidazole rings is 1. The molecule has 1 aromatic carbocycles. The minimum absolute atomic E-state index is 0.283. The number of aromatic amines is 1. The van der Waals surface area contributed by atoms with Gasteiger partial charge >= 0.3 is 0 Å². The molecule has 0 saturated heterocycles. The Labute approximate surface area is 115 Å². The third kappa shape index (κ3) is 2.11. The summed E-state index contributed by atoms with van der Waals surface area (Å²) >= 11 is 0. The smallest absolute Gasteiger partial charge is 0.146 e. The van der Waals surface area contributed by atoms with E-state index in [0.717, 1.165) is 16.8 Å². The van der Waals surface area contributed by atoms with Crippen molar-refractivity contribution >= 4 is 5.57 Å². The number of hydrogen-bond donors (Lipinski definition) is 4. The molecule has 0 fully saturated rings. The molecule has 5 nitrogen and oxygen atoms in total. The molecule has 1 aliphatic rings. The van der Waals surface area contributed by atoms with Crippen molar-refractivity contribution in [3.63, 3.8) is 0 Å². The summed E-state index contributed by atoms with van der Waals surface area (Å²) < 4.78 is 13.0. The number of hydrogen-bond acceptors (Lipinski definition) is 4. The van der Waals surface area contributed by atoms with Crippen molar-refractivity contribution < 1.29 is 4.39 Å². The SMILES string of the molecule is NNC1(c2ccc(F)cc2)C=CC(c2cnc[nH]2)=CN1. The number of H-pyrrole nitrogens is 1. The second-order valence-corrected chi connectivity index (χ2v) is 4.50. The highest BCUT2D eigenvalue weighted by Gasteiger charge is 2.29. The standard InChI is InChI=1S/C14H14FN5/c15-12-3-1-11(2-4-12)14(20-16)6-5-10(7-19-14)13-8-17-9-18-13/h1-9,19-20H,16H2,(H,17,18). The van der Waals surface area contributed by atoms with Gasteiger partial charge in [0.1, 0.15) is 11.5 Å². The number of dihydropyridines is 1. The van der Waals surface area contributed by atoms with Crippen LogP contribution in [-0.4, -0.2) is 9.97 Å². The zero-order valence-electron chi connectivity index (χ0n) is 10.6. The summed E-state index contributed by atoms with van der Waals surface area (Å²) in [6, 6.07) is 6.17. The highest BCUT2D eigenvalue weighted by molar-refractivity contribution is 5.72. The molecular weight excluding hydrogens is 257 g/mol. The maximum Gasteiger partial charge on any atom is 0.146 e. The number of nitrogens with two attached hydrogens (primary N) is 1. The van der Waals surface area contributed by atoms with Gasteiger partial charge in [0, 0.05) is 11.8 Å². The molecule has 3 rings (SSSR count). The fourth-order valence-corrected chi connectivity index (χ4v) is 2.15. The highest BCUT2D eigenvalue weighted by Crippen LogP contribution is 2.26. The van der Waals surface area contributed by atoms with Crippen LogP contribution < -0.4 is 16.6 Å². The van der Waals surface area contributed by atoms with E-state index >= 15 is 0 Å². The zero-order valence-corrected chi connectivity index (χ0v) is 10.6. The molecule has 20 heavy (non-hydrogen) atoms. The van der Waals surface area contributed by atoms with Gasteiger partial charge in [-0.3, -0.25) is 5.84 Å². The van der Waals surface area contributed by atoms with Gasteiger partial charge in [-0.15, -0.1) is 0 Å². The molecule has 2 aromatic rings. The average molecular weight is 271 g/mol. The summed E-state index contributed by atoms with van der Waals surface area (Å²) in [6.07, 6.45) is 8.99. The van der Waals surface area contributed by atoms with Crippen molar-refractivity contribution in [1.29, 1.82) is 0 Å². The summed E-state index contributed by atoms with van der Waals surface area (Å²) in [5.41, 5.74) is 4.65. The molecule has 0 spiro atoms. The van der Waals surface area contributed by atoms with Crippen molar-refractivity contribution in [3.8, 4) is 0 Å². The Morgan fingerprint density at radius 3 is 2.60 bits per heavy atom. The van der Waals surface area contributed by atoms with Crippen LogP contribution in [0.4, 0.5) is 4.39 Å². The number of hydrazine groups is 1. The molecule has 102 valence electrons. The molecule has 6 heteroatoms. The number of benzene rings is 1. The predicted octanol–water partition coefficient (Wildman–Crippen LogP) is 1.37. The maximum absolute atomic E-state index is 13.0. The van der Waals surface area contributed by atoms with Gasteiger partial charge in [-0.05, 0) is 23.8 Å². The van der Waals surface area contributed by atoms with E-state index in [1.807, 2.05) is 18.4 Å². The van der Waals surface area contributed by atoms with Gasteiger partial charge in [0.25, 0.3) is 0 Å². The van der Waals surface area contributed by atoms with E-state index in [9.17, 15) is 4.39 Å². The van der Waals surface area contributed by atoms with Crippen LogP contribution in [0.1, 0.15) is 11.3 Å². The Kier molecular flexibility index (Phi) is 3.09. The van der Waals surface area contributed by atoms with Gasteiger partial charge in [0.2, 0.25) is 0 Å². The average Bonchev–Trinajstić information content (AvgIpc) is 3.02. The molecular formula is C14H14FN5. The number of aromatic nitrogens is 2. The summed E-state index contributed by atoms with van der Waals surface area (Å²) in [5, 5.41) is 3.20. The molecule has 1 aromatic heterocycles. The number of halogens is 1. The Morgan fingerprint density at radius 1 is 1.25 bits per heavy atom. The van der Waals surface area contributed by atoms with E-state index < -0.39 is 5.66 Å². The van der Waals surface area contributed by atoms with Crippen LogP contribution in [0.3, 0.4) is 0 Å². The van der Waals surface area contributed by atoms with Crippen LogP contribution in [0.25, 0.3) is 5.57 Å². The van der Waals surface area contributed by atoms with E-state index in [2.05, 4.69) is 20.7 Å². The first-order valence-corrected chi connectivity index (χ1v) is 6.13. The van der Waals surface area contributed by atoms with Gasteiger partial charge in [-0.2, -0.15) is 0 Å². The van der Waals surface area contributed by atoms with Crippen LogP contribution in [0.15, 0.2) is 55.1 Å². The van der Waals surface area contributed by atoms with Gasteiger partial charge < -0.3 is 10.3 Å². The monoisotopic (exact) mass is 271 g/mol. The predicted molar refractivity (Wildman–Crippen MR) is 74.2 cm³/mol. The fraction of sp³-hybridized carbons (Fsp3) is 0.0714. The first-order valence-electron chi connectivity index (χ1n) is 6.13. The second-order valence-electron chi connectivity index (χ2n) is 4.50. The van der Waals surface area contributed by atoms with Crippen LogP contribution in [0, 0.1) is 5.82 Å². The van der Waals surface area contributed by atoms with E-state index in [-0.39, 0.29) is 5.82 Å². The molecule has 0 radical (unpaired) electrons. The van der Waals surface area contributed by atoms with Crippen LogP contribution in [0.5, 0.6) is 0 Å². The summed E-state index contributed by atoms with van der Waals surface area (Å²) in [4.78, 5) is 7.01. The van der Waals surface area contributed by atoms with E-state index in [1.165, 1.54) is 12.1 Å². The number of allylic oxidation sites excluding steroid dienone is 2. The van der Waals surface area contributed by atoms with E-state index in [1.54, 1.807) is 24.7 Å². The van der Waals surface area contributed by atoms with Crippen molar-refractivity contribution in [1.82, 2.24) is 20.7 Å². The number of nitrogens with zero attached hydrogens (tertiary/aromatic N) is 1. The molecule has 0 bridgehead atoms. The third-order valence-corrected chi connectivity index (χ3v) is 3.30. The molecule has 5 N–H and O–H groups in total. The fourth-order valence-electron chi connectivity index (χ4n) is 2.15. The maximum atomic E-state index is 13.0. The largest absolute Gasteiger partial charge is 0.365 e. The molecule has 0 saturated carbocycles. The Balaban J connectivity index is 1.91. The van der Waals surface area contributed by atoms with E-state index in [0.29, 0.717) is 0 Å². The highest BCUT2D eigenvalue weighted by atomic mass is 19.1. The molecule has 2 heterocycles. The first kappa shape index (κ1) is 12.6. The zero-order chi connectivity index (χ0) is 14.0. The lowest BCUT2D eigenvalue weighted by Crippen LogP contribution is -2.54. The summed E-state index contributed by atoms with van der Waals surface area (Å²) in [7, 11) is 0. The van der Waals surface area contributed by atoms with Gasteiger partial charge in [-0.1, -0.05) is 18.2 Å². The summed E-state index contributed by atoms with van der Waals surface area (Å²) in [5.74, 6) is 5.38. The van der Waals surface area contributed by atoms with Crippen LogP contribution >= 0.6 is 0 Å². The van der Waals surface area contributed by atoms with Crippen molar-refractivity contribution in [2.75, 3.05) is 0 Å². The lowest BCUT2D eigenvalue weighted by molar-refractivity contribution is 0.378. The van der Waals surface area contributed by atoms with Crippen molar-refractivity contribution in [2.24, 2.45) is 5.84 Å². The van der Waals surface area contributed by atoms with Crippen LogP contribution in [-0.2, 0) is 5.66 Å².